The van der Waals surface area contributed by atoms with Gasteiger partial charge in [-0.1, -0.05) is 30.3 Å². The number of nitrogens with zero attached hydrogens (tertiary/aromatic N) is 2. The van der Waals surface area contributed by atoms with Gasteiger partial charge in [-0.2, -0.15) is 5.10 Å². The molecule has 0 aliphatic heterocycles. The molecule has 0 aliphatic carbocycles. The first-order valence-electron chi connectivity index (χ1n) is 9.60. The summed E-state index contributed by atoms with van der Waals surface area (Å²) in [5.74, 6) is -0.195. The van der Waals surface area contributed by atoms with E-state index in [0.717, 1.165) is 5.52 Å². The molecule has 5 rings (SSSR count). The predicted octanol–water partition coefficient (Wildman–Crippen LogP) is 4.57. The number of carbonyl (C=O) groups excluding carboxylic acids is 2. The second-order valence-corrected chi connectivity index (χ2v) is 6.92. The molecule has 0 unspecified atom stereocenters. The second kappa shape index (κ2) is 7.46. The number of rotatable bonds is 5. The highest BCUT2D eigenvalue weighted by molar-refractivity contribution is 6.18. The Morgan fingerprint density at radius 3 is 2.68 bits per heavy atom. The van der Waals surface area contributed by atoms with Gasteiger partial charge < -0.3 is 14.5 Å². The van der Waals surface area contributed by atoms with Crippen LogP contribution in [-0.4, -0.2) is 28.4 Å². The lowest BCUT2D eigenvalue weighted by molar-refractivity contribution is 0.101. The van der Waals surface area contributed by atoms with Gasteiger partial charge in [0, 0.05) is 17.1 Å². The van der Waals surface area contributed by atoms with E-state index in [2.05, 4.69) is 10.4 Å². The number of carbonyl (C=O) groups is 2. The number of hydrogen-bond donors (Lipinski definition) is 1. The van der Waals surface area contributed by atoms with Gasteiger partial charge in [-0.25, -0.2) is 4.52 Å². The number of methoxy groups -OCH3 is 1. The zero-order chi connectivity index (χ0) is 21.4. The van der Waals surface area contributed by atoms with Crippen LogP contribution in [0.3, 0.4) is 0 Å². The van der Waals surface area contributed by atoms with Crippen molar-refractivity contribution in [3.05, 3.63) is 96.0 Å². The van der Waals surface area contributed by atoms with Gasteiger partial charge in [-0.3, -0.25) is 9.59 Å². The largest absolute Gasteiger partial charge is 0.497 e. The summed E-state index contributed by atoms with van der Waals surface area (Å²) in [5, 5.41) is 7.76. The highest BCUT2D eigenvalue weighted by atomic mass is 16.5. The quantitative estimate of drug-likeness (QED) is 0.428. The van der Waals surface area contributed by atoms with Crippen LogP contribution in [0.2, 0.25) is 0 Å². The van der Waals surface area contributed by atoms with Crippen LogP contribution in [-0.2, 0) is 0 Å². The number of amides is 1. The molecule has 3 aromatic heterocycles. The van der Waals surface area contributed by atoms with Gasteiger partial charge in [-0.15, -0.1) is 0 Å². The lowest BCUT2D eigenvalue weighted by Crippen LogP contribution is -2.15. The number of ether oxygens (including phenoxy) is 1. The lowest BCUT2D eigenvalue weighted by atomic mass is 10.1. The van der Waals surface area contributed by atoms with E-state index in [-0.39, 0.29) is 17.2 Å². The van der Waals surface area contributed by atoms with E-state index in [4.69, 9.17) is 9.15 Å². The molecule has 31 heavy (non-hydrogen) atoms. The van der Waals surface area contributed by atoms with E-state index >= 15 is 0 Å². The first-order chi connectivity index (χ1) is 15.1. The molecule has 0 bridgehead atoms. The number of anilines is 1. The van der Waals surface area contributed by atoms with E-state index in [0.29, 0.717) is 28.0 Å². The van der Waals surface area contributed by atoms with Crippen molar-refractivity contribution in [3.8, 4) is 5.75 Å². The van der Waals surface area contributed by atoms with E-state index < -0.39 is 5.91 Å². The summed E-state index contributed by atoms with van der Waals surface area (Å²) in [7, 11) is 1.53. The molecule has 2 aromatic carbocycles. The molecule has 0 fully saturated rings. The van der Waals surface area contributed by atoms with Gasteiger partial charge in [0.1, 0.15) is 11.3 Å². The number of nitrogens with one attached hydrogen (secondary N) is 1. The topological polar surface area (TPSA) is 85.8 Å². The van der Waals surface area contributed by atoms with Crippen LogP contribution >= 0.6 is 0 Å². The molecule has 3 heterocycles. The molecule has 5 aromatic rings. The number of benzene rings is 2. The highest BCUT2D eigenvalue weighted by Crippen LogP contribution is 2.33. The fraction of sp³-hybridized carbons (Fsp3) is 0.0417. The van der Waals surface area contributed by atoms with E-state index in [1.165, 1.54) is 7.11 Å². The normalized spacial score (nSPS) is 11.0. The summed E-state index contributed by atoms with van der Waals surface area (Å²) in [6, 6.07) is 21.2. The molecule has 0 saturated heterocycles. The third-order valence-electron chi connectivity index (χ3n) is 4.97. The first kappa shape index (κ1) is 18.6. The third kappa shape index (κ3) is 3.32. The van der Waals surface area contributed by atoms with E-state index in [1.807, 2.05) is 24.3 Å². The molecule has 0 saturated carbocycles. The number of aromatic nitrogens is 2. The number of pyridine rings is 1. The molecule has 0 radical (unpaired) electrons. The van der Waals surface area contributed by atoms with Crippen LogP contribution in [0.4, 0.5) is 5.69 Å². The van der Waals surface area contributed by atoms with Crippen molar-refractivity contribution in [1.82, 2.24) is 9.61 Å². The molecule has 7 nitrogen and oxygen atoms in total. The fourth-order valence-corrected chi connectivity index (χ4v) is 3.45. The Hall–Kier alpha value is -4.39. The maximum atomic E-state index is 13.2. The molecule has 1 amide bonds. The molecule has 152 valence electrons. The first-order valence-corrected chi connectivity index (χ1v) is 9.60. The molecule has 0 aliphatic rings. The minimum atomic E-state index is -0.435. The monoisotopic (exact) mass is 411 g/mol. The summed E-state index contributed by atoms with van der Waals surface area (Å²) >= 11 is 0. The van der Waals surface area contributed by atoms with Crippen molar-refractivity contribution in [2.75, 3.05) is 12.4 Å². The van der Waals surface area contributed by atoms with Gasteiger partial charge in [-0.05, 0) is 42.5 Å². The molecule has 7 heteroatoms. The number of fused-ring (bicyclic) bond motifs is 2. The Morgan fingerprint density at radius 1 is 1.00 bits per heavy atom. The Balaban J connectivity index is 1.57. The predicted molar refractivity (Wildman–Crippen MR) is 116 cm³/mol. The standard InChI is InChI=1S/C24H17N3O4/c1-30-17-9-6-7-15(13-17)22(28)23-21(18-10-2-3-11-20(18)31-23)25-24(29)19-14-16-8-4-5-12-27(16)26-19/h2-14H,1H3,(H,25,29). The molecule has 1 N–H and O–H groups in total. The smallest absolute Gasteiger partial charge is 0.276 e. The minimum Gasteiger partial charge on any atom is -0.497 e. The van der Waals surface area contributed by atoms with Crippen molar-refractivity contribution in [2.45, 2.75) is 0 Å². The second-order valence-electron chi connectivity index (χ2n) is 6.92. The minimum absolute atomic E-state index is 0.0477. The summed E-state index contributed by atoms with van der Waals surface area (Å²) in [5.41, 5.74) is 2.22. The fourth-order valence-electron chi connectivity index (χ4n) is 3.45. The van der Waals surface area contributed by atoms with Crippen LogP contribution < -0.4 is 10.1 Å². The average molecular weight is 411 g/mol. The maximum absolute atomic E-state index is 13.2. The lowest BCUT2D eigenvalue weighted by Gasteiger charge is -2.06. The Labute approximate surface area is 176 Å². The SMILES string of the molecule is COc1cccc(C(=O)c2oc3ccccc3c2NC(=O)c2cc3ccccn3n2)c1. The van der Waals surface area contributed by atoms with Crippen molar-refractivity contribution in [3.63, 3.8) is 0 Å². The van der Waals surface area contributed by atoms with Crippen molar-refractivity contribution < 1.29 is 18.7 Å². The Kier molecular flexibility index (Phi) is 4.48. The van der Waals surface area contributed by atoms with Gasteiger partial charge in [0.2, 0.25) is 5.78 Å². The highest BCUT2D eigenvalue weighted by Gasteiger charge is 2.24. The number of ketones is 1. The van der Waals surface area contributed by atoms with Gasteiger partial charge in [0.05, 0.1) is 18.3 Å². The molecule has 0 spiro atoms. The van der Waals surface area contributed by atoms with Crippen molar-refractivity contribution >= 4 is 33.9 Å². The maximum Gasteiger partial charge on any atom is 0.276 e. The van der Waals surface area contributed by atoms with Crippen molar-refractivity contribution in [2.24, 2.45) is 0 Å². The molecular weight excluding hydrogens is 394 g/mol. The van der Waals surface area contributed by atoms with Gasteiger partial charge >= 0.3 is 0 Å². The summed E-state index contributed by atoms with van der Waals surface area (Å²) < 4.78 is 12.7. The van der Waals surface area contributed by atoms with Gasteiger partial charge in [0.15, 0.2) is 11.5 Å². The summed E-state index contributed by atoms with van der Waals surface area (Å²) in [6.07, 6.45) is 1.76. The zero-order valence-electron chi connectivity index (χ0n) is 16.5. The van der Waals surface area contributed by atoms with Crippen LogP contribution in [0.15, 0.2) is 83.4 Å². The van der Waals surface area contributed by atoms with Crippen LogP contribution in [0.25, 0.3) is 16.5 Å². The zero-order valence-corrected chi connectivity index (χ0v) is 16.5. The molecular formula is C24H17N3O4. The van der Waals surface area contributed by atoms with Gasteiger partial charge in [0.25, 0.3) is 5.91 Å². The Morgan fingerprint density at radius 2 is 1.84 bits per heavy atom. The molecule has 0 atom stereocenters. The average Bonchev–Trinajstić information content (AvgIpc) is 3.40. The van der Waals surface area contributed by atoms with Crippen LogP contribution in [0.5, 0.6) is 5.75 Å². The van der Waals surface area contributed by atoms with Crippen molar-refractivity contribution in [1.29, 1.82) is 0 Å². The summed E-state index contributed by atoms with van der Waals surface area (Å²) in [4.78, 5) is 26.2. The third-order valence-corrected chi connectivity index (χ3v) is 4.97. The van der Waals surface area contributed by atoms with E-state index in [1.54, 1.807) is 59.2 Å². The number of para-hydroxylation sites is 1. The number of hydrogen-bond acceptors (Lipinski definition) is 5. The number of furan rings is 1. The summed E-state index contributed by atoms with van der Waals surface area (Å²) in [6.45, 7) is 0. The van der Waals surface area contributed by atoms with Crippen LogP contribution in [0.1, 0.15) is 26.6 Å². The van der Waals surface area contributed by atoms with E-state index in [9.17, 15) is 9.59 Å². The van der Waals surface area contributed by atoms with Crippen LogP contribution in [0, 0.1) is 0 Å². The Bertz CT molecular complexity index is 1410.